The number of thiophene rings is 1. The molecule has 0 aliphatic carbocycles. The Labute approximate surface area is 154 Å². The summed E-state index contributed by atoms with van der Waals surface area (Å²) in [7, 11) is 0. The maximum atomic E-state index is 13.6. The van der Waals surface area contributed by atoms with Crippen LogP contribution in [-0.2, 0) is 0 Å². The number of carbonyl (C=O) groups excluding carboxylic acids is 1. The Morgan fingerprint density at radius 2 is 2.32 bits per heavy atom. The van der Waals surface area contributed by atoms with Gasteiger partial charge in [0.05, 0.1) is 10.5 Å². The third-order valence-electron chi connectivity index (χ3n) is 3.93. The zero-order valence-corrected chi connectivity index (χ0v) is 15.6. The van der Waals surface area contributed by atoms with E-state index in [1.807, 2.05) is 12.3 Å². The fourth-order valence-electron chi connectivity index (χ4n) is 2.73. The van der Waals surface area contributed by atoms with Crippen LogP contribution in [0, 0.1) is 0 Å². The summed E-state index contributed by atoms with van der Waals surface area (Å²) in [6, 6.07) is 1.32. The molecule has 1 aliphatic heterocycles. The predicted molar refractivity (Wildman–Crippen MR) is 92.9 cm³/mol. The first kappa shape index (κ1) is 18.2. The molecule has 0 fully saturated rings. The smallest absolute Gasteiger partial charge is 0.362 e. The SMILES string of the molecule is CCCNC(=O)c1nn2c(c1Br)N[C@H](c1cccs1)C[C@H]2C(F)(F)F. The number of carbonyl (C=O) groups is 1. The first-order chi connectivity index (χ1) is 11.8. The van der Waals surface area contributed by atoms with E-state index < -0.39 is 24.2 Å². The number of rotatable bonds is 4. The van der Waals surface area contributed by atoms with Crippen molar-refractivity contribution in [2.24, 2.45) is 0 Å². The van der Waals surface area contributed by atoms with E-state index in [0.717, 1.165) is 16.0 Å². The van der Waals surface area contributed by atoms with Gasteiger partial charge < -0.3 is 10.6 Å². The van der Waals surface area contributed by atoms with Crippen LogP contribution in [0.25, 0.3) is 0 Å². The van der Waals surface area contributed by atoms with E-state index in [1.165, 1.54) is 11.3 Å². The van der Waals surface area contributed by atoms with E-state index in [9.17, 15) is 18.0 Å². The fraction of sp³-hybridized carbons (Fsp3) is 0.467. The molecular weight excluding hydrogens is 421 g/mol. The molecule has 3 heterocycles. The van der Waals surface area contributed by atoms with Gasteiger partial charge in [-0.3, -0.25) is 4.79 Å². The van der Waals surface area contributed by atoms with Crippen molar-refractivity contribution in [3.63, 3.8) is 0 Å². The molecule has 3 rings (SSSR count). The maximum Gasteiger partial charge on any atom is 0.410 e. The zero-order valence-electron chi connectivity index (χ0n) is 13.2. The number of nitrogens with zero attached hydrogens (tertiary/aromatic N) is 2. The van der Waals surface area contributed by atoms with Crippen LogP contribution in [0.1, 0.15) is 47.2 Å². The second-order valence-corrected chi connectivity index (χ2v) is 7.49. The average Bonchev–Trinajstić information content (AvgIpc) is 3.19. The highest BCUT2D eigenvalue weighted by atomic mass is 79.9. The second-order valence-electron chi connectivity index (χ2n) is 5.72. The number of halogens is 4. The summed E-state index contributed by atoms with van der Waals surface area (Å²) in [5.74, 6) is -0.320. The van der Waals surface area contributed by atoms with Crippen molar-refractivity contribution in [2.45, 2.75) is 38.0 Å². The Morgan fingerprint density at radius 1 is 1.56 bits per heavy atom. The van der Waals surface area contributed by atoms with Crippen LogP contribution in [0.4, 0.5) is 19.0 Å². The third-order valence-corrected chi connectivity index (χ3v) is 5.67. The number of hydrogen-bond donors (Lipinski definition) is 2. The molecule has 10 heteroatoms. The normalized spacial score (nSPS) is 20.0. The Morgan fingerprint density at radius 3 is 2.92 bits per heavy atom. The highest BCUT2D eigenvalue weighted by molar-refractivity contribution is 9.10. The van der Waals surface area contributed by atoms with Crippen LogP contribution < -0.4 is 10.6 Å². The number of hydrogen-bond acceptors (Lipinski definition) is 4. The summed E-state index contributed by atoms with van der Waals surface area (Å²) in [5.41, 5.74) is -0.0444. The van der Waals surface area contributed by atoms with Crippen molar-refractivity contribution in [3.8, 4) is 0 Å². The van der Waals surface area contributed by atoms with E-state index in [2.05, 4.69) is 31.7 Å². The van der Waals surface area contributed by atoms with E-state index in [0.29, 0.717) is 6.54 Å². The van der Waals surface area contributed by atoms with Gasteiger partial charge in [-0.25, -0.2) is 4.68 Å². The lowest BCUT2D eigenvalue weighted by Crippen LogP contribution is -2.35. The molecule has 0 unspecified atom stereocenters. The van der Waals surface area contributed by atoms with Crippen LogP contribution in [0.2, 0.25) is 0 Å². The third kappa shape index (κ3) is 3.55. The van der Waals surface area contributed by atoms with Gasteiger partial charge in [-0.1, -0.05) is 13.0 Å². The lowest BCUT2D eigenvalue weighted by molar-refractivity contribution is -0.173. The van der Waals surface area contributed by atoms with Crippen LogP contribution in [-0.4, -0.2) is 28.4 Å². The lowest BCUT2D eigenvalue weighted by atomic mass is 10.0. The van der Waals surface area contributed by atoms with Gasteiger partial charge in [0, 0.05) is 17.8 Å². The maximum absolute atomic E-state index is 13.6. The highest BCUT2D eigenvalue weighted by Gasteiger charge is 2.47. The Balaban J connectivity index is 2.00. The molecule has 0 bridgehead atoms. The average molecular weight is 437 g/mol. The zero-order chi connectivity index (χ0) is 18.2. The number of aromatic nitrogens is 2. The number of alkyl halides is 3. The van der Waals surface area contributed by atoms with Crippen molar-refractivity contribution in [1.29, 1.82) is 0 Å². The Bertz CT molecular complexity index is 760. The summed E-state index contributed by atoms with van der Waals surface area (Å²) in [6.45, 7) is 2.32. The molecule has 2 atom stereocenters. The molecule has 1 amide bonds. The van der Waals surface area contributed by atoms with Gasteiger partial charge >= 0.3 is 6.18 Å². The van der Waals surface area contributed by atoms with E-state index >= 15 is 0 Å². The van der Waals surface area contributed by atoms with Crippen molar-refractivity contribution in [3.05, 3.63) is 32.6 Å². The van der Waals surface area contributed by atoms with Gasteiger partial charge in [0.25, 0.3) is 5.91 Å². The molecule has 2 N–H and O–H groups in total. The molecule has 0 spiro atoms. The van der Waals surface area contributed by atoms with E-state index in [4.69, 9.17) is 0 Å². The van der Waals surface area contributed by atoms with Crippen molar-refractivity contribution in [2.75, 3.05) is 11.9 Å². The summed E-state index contributed by atoms with van der Waals surface area (Å²) in [5, 5.41) is 11.5. The van der Waals surface area contributed by atoms with E-state index in [-0.39, 0.29) is 22.4 Å². The monoisotopic (exact) mass is 436 g/mol. The van der Waals surface area contributed by atoms with Crippen LogP contribution in [0.15, 0.2) is 22.0 Å². The number of nitrogens with one attached hydrogen (secondary N) is 2. The van der Waals surface area contributed by atoms with E-state index in [1.54, 1.807) is 12.1 Å². The Hall–Kier alpha value is -1.55. The molecule has 0 saturated heterocycles. The van der Waals surface area contributed by atoms with Crippen LogP contribution >= 0.6 is 27.3 Å². The number of anilines is 1. The largest absolute Gasteiger partial charge is 0.410 e. The minimum atomic E-state index is -4.46. The molecule has 1 aliphatic rings. The number of fused-ring (bicyclic) bond motifs is 1. The van der Waals surface area contributed by atoms with Crippen molar-refractivity contribution < 1.29 is 18.0 Å². The molecule has 0 aromatic carbocycles. The fourth-order valence-corrected chi connectivity index (χ4v) is 4.08. The molecule has 2 aromatic rings. The van der Waals surface area contributed by atoms with Gasteiger partial charge in [0.2, 0.25) is 0 Å². The minimum absolute atomic E-state index is 0.0444. The van der Waals surface area contributed by atoms with Gasteiger partial charge in [-0.2, -0.15) is 18.3 Å². The van der Waals surface area contributed by atoms with Gasteiger partial charge in [0.15, 0.2) is 11.7 Å². The molecule has 0 radical (unpaired) electrons. The highest BCUT2D eigenvalue weighted by Crippen LogP contribution is 2.46. The van der Waals surface area contributed by atoms with Crippen molar-refractivity contribution in [1.82, 2.24) is 15.1 Å². The molecule has 25 heavy (non-hydrogen) atoms. The first-order valence-corrected chi connectivity index (χ1v) is 9.43. The van der Waals surface area contributed by atoms with Gasteiger partial charge in [-0.05, 0) is 33.8 Å². The van der Waals surface area contributed by atoms with Crippen LogP contribution in [0.5, 0.6) is 0 Å². The Kier molecular flexibility index (Phi) is 5.10. The molecule has 136 valence electrons. The molecule has 0 saturated carbocycles. The van der Waals surface area contributed by atoms with Gasteiger partial charge in [0.1, 0.15) is 5.82 Å². The first-order valence-electron chi connectivity index (χ1n) is 7.75. The summed E-state index contributed by atoms with van der Waals surface area (Å²) >= 11 is 4.64. The van der Waals surface area contributed by atoms with Crippen LogP contribution in [0.3, 0.4) is 0 Å². The quantitative estimate of drug-likeness (QED) is 0.741. The lowest BCUT2D eigenvalue weighted by Gasteiger charge is -2.33. The molecular formula is C15H16BrF3N4OS. The number of amides is 1. The summed E-state index contributed by atoms with van der Waals surface area (Å²) < 4.78 is 41.9. The topological polar surface area (TPSA) is 59.0 Å². The summed E-state index contributed by atoms with van der Waals surface area (Å²) in [6.07, 6.45) is -3.92. The molecule has 2 aromatic heterocycles. The van der Waals surface area contributed by atoms with Gasteiger partial charge in [-0.15, -0.1) is 11.3 Å². The second kappa shape index (κ2) is 6.99. The minimum Gasteiger partial charge on any atom is -0.362 e. The van der Waals surface area contributed by atoms with Crippen molar-refractivity contribution >= 4 is 39.0 Å². The molecule has 5 nitrogen and oxygen atoms in total. The standard InChI is InChI=1S/C15H16BrF3N4OS/c1-2-5-20-14(24)12-11(16)13-21-8(9-4-3-6-25-9)7-10(15(17,18)19)23(13)22-12/h3-4,6,8,10,21H,2,5,7H2,1H3,(H,20,24)/t8-,10-/m0/s1. The predicted octanol–water partition coefficient (Wildman–Crippen LogP) is 4.51. The summed E-state index contributed by atoms with van der Waals surface area (Å²) in [4.78, 5) is 13.0.